The van der Waals surface area contributed by atoms with Crippen LogP contribution in [0.1, 0.15) is 29.0 Å². The van der Waals surface area contributed by atoms with Gasteiger partial charge in [-0.25, -0.2) is 4.39 Å². The molecule has 2 aromatic rings. The normalized spacial score (nSPS) is 14.8. The van der Waals surface area contributed by atoms with Crippen molar-refractivity contribution in [3.05, 3.63) is 64.0 Å². The third-order valence-electron chi connectivity index (χ3n) is 4.50. The molecule has 1 aromatic carbocycles. The largest absolute Gasteiger partial charge is 0.482 e. The number of carbonyl (C=O) groups excluding carboxylic acids is 2. The maximum Gasteiger partial charge on any atom is 0.289 e. The van der Waals surface area contributed by atoms with Gasteiger partial charge in [-0.1, -0.05) is 12.1 Å². The van der Waals surface area contributed by atoms with Crippen LogP contribution < -0.4 is 15.9 Å². The number of carbonyl (C=O) groups is 2. The van der Waals surface area contributed by atoms with Crippen LogP contribution in [0.3, 0.4) is 0 Å². The van der Waals surface area contributed by atoms with E-state index in [1.807, 2.05) is 0 Å². The molecule has 0 spiro atoms. The lowest BCUT2D eigenvalue weighted by molar-refractivity contribution is -0.123. The van der Waals surface area contributed by atoms with Gasteiger partial charge in [0.2, 0.25) is 17.1 Å². The summed E-state index contributed by atoms with van der Waals surface area (Å²) in [6.07, 6.45) is 2.07. The first kappa shape index (κ1) is 18.6. The van der Waals surface area contributed by atoms with E-state index in [9.17, 15) is 18.8 Å². The SMILES string of the molecule is NC(=O)C1CCN(C(=O)c2cc(=O)c(OCc3ccc(F)cc3)co2)CC1. The number of primary amides is 1. The summed E-state index contributed by atoms with van der Waals surface area (Å²) in [6, 6.07) is 6.77. The molecule has 2 amide bonds. The van der Waals surface area contributed by atoms with Crippen LogP contribution in [0.5, 0.6) is 5.75 Å². The average molecular weight is 374 g/mol. The first-order valence-corrected chi connectivity index (χ1v) is 8.52. The molecule has 1 aliphatic heterocycles. The molecule has 0 saturated carbocycles. The standard InChI is InChI=1S/C19H19FN2O5/c20-14-3-1-12(2-4-14)10-26-17-11-27-16(9-15(17)23)19(25)22-7-5-13(6-8-22)18(21)24/h1-4,9,11,13H,5-8,10H2,(H2,21,24). The van der Waals surface area contributed by atoms with E-state index in [1.165, 1.54) is 17.0 Å². The van der Waals surface area contributed by atoms with Crippen LogP contribution in [0, 0.1) is 11.7 Å². The van der Waals surface area contributed by atoms with Gasteiger partial charge in [0.25, 0.3) is 5.91 Å². The van der Waals surface area contributed by atoms with Crippen molar-refractivity contribution in [1.29, 1.82) is 0 Å². The molecule has 1 fully saturated rings. The van der Waals surface area contributed by atoms with E-state index in [-0.39, 0.29) is 35.8 Å². The van der Waals surface area contributed by atoms with Gasteiger partial charge >= 0.3 is 0 Å². The van der Waals surface area contributed by atoms with E-state index in [0.717, 1.165) is 12.3 Å². The summed E-state index contributed by atoms with van der Waals surface area (Å²) in [5.41, 5.74) is 5.48. The second-order valence-corrected chi connectivity index (χ2v) is 6.36. The topological polar surface area (TPSA) is 103 Å². The zero-order chi connectivity index (χ0) is 19.4. The molecule has 3 rings (SSSR count). The van der Waals surface area contributed by atoms with Gasteiger partial charge in [0.05, 0.1) is 0 Å². The number of piperidine rings is 1. The van der Waals surface area contributed by atoms with Crippen molar-refractivity contribution in [2.45, 2.75) is 19.4 Å². The zero-order valence-electron chi connectivity index (χ0n) is 14.5. The van der Waals surface area contributed by atoms with Crippen molar-refractivity contribution in [3.63, 3.8) is 0 Å². The third-order valence-corrected chi connectivity index (χ3v) is 4.50. The number of benzene rings is 1. The molecule has 142 valence electrons. The van der Waals surface area contributed by atoms with Crippen LogP contribution in [0.25, 0.3) is 0 Å². The van der Waals surface area contributed by atoms with Crippen LogP contribution in [-0.2, 0) is 11.4 Å². The molecule has 2 heterocycles. The number of nitrogens with two attached hydrogens (primary N) is 1. The summed E-state index contributed by atoms with van der Waals surface area (Å²) < 4.78 is 23.5. The minimum Gasteiger partial charge on any atom is -0.482 e. The molecular formula is C19H19FN2O5. The Kier molecular flexibility index (Phi) is 5.54. The number of nitrogens with zero attached hydrogens (tertiary/aromatic N) is 1. The van der Waals surface area contributed by atoms with Crippen molar-refractivity contribution in [2.24, 2.45) is 11.7 Å². The quantitative estimate of drug-likeness (QED) is 0.858. The molecule has 1 saturated heterocycles. The summed E-state index contributed by atoms with van der Waals surface area (Å²) in [5, 5.41) is 0. The Morgan fingerprint density at radius 1 is 1.22 bits per heavy atom. The molecule has 7 nitrogen and oxygen atoms in total. The van der Waals surface area contributed by atoms with E-state index in [0.29, 0.717) is 31.5 Å². The molecule has 0 aliphatic carbocycles. The molecular weight excluding hydrogens is 355 g/mol. The Labute approximate surface area is 154 Å². The van der Waals surface area contributed by atoms with Crippen molar-refractivity contribution >= 4 is 11.8 Å². The van der Waals surface area contributed by atoms with Crippen LogP contribution in [0.2, 0.25) is 0 Å². The maximum absolute atomic E-state index is 12.9. The molecule has 1 aliphatic rings. The number of hydrogen-bond donors (Lipinski definition) is 1. The lowest BCUT2D eigenvalue weighted by atomic mass is 9.96. The average Bonchev–Trinajstić information content (AvgIpc) is 2.67. The third kappa shape index (κ3) is 4.52. The predicted octanol–water partition coefficient (Wildman–Crippen LogP) is 1.70. The molecule has 8 heteroatoms. The Hall–Kier alpha value is -3.16. The van der Waals surface area contributed by atoms with Crippen LogP contribution in [0.4, 0.5) is 4.39 Å². The van der Waals surface area contributed by atoms with E-state index in [2.05, 4.69) is 0 Å². The number of hydrogen-bond acceptors (Lipinski definition) is 5. The van der Waals surface area contributed by atoms with Gasteiger partial charge in [-0.2, -0.15) is 0 Å². The van der Waals surface area contributed by atoms with Gasteiger partial charge in [-0.3, -0.25) is 14.4 Å². The molecule has 0 bridgehead atoms. The smallest absolute Gasteiger partial charge is 0.289 e. The predicted molar refractivity (Wildman–Crippen MR) is 93.5 cm³/mol. The minimum atomic E-state index is -0.487. The van der Waals surface area contributed by atoms with E-state index in [4.69, 9.17) is 14.9 Å². The zero-order valence-corrected chi connectivity index (χ0v) is 14.5. The molecule has 0 atom stereocenters. The first-order chi connectivity index (χ1) is 12.9. The monoisotopic (exact) mass is 374 g/mol. The number of ether oxygens (including phenoxy) is 1. The second kappa shape index (κ2) is 8.03. The Balaban J connectivity index is 1.62. The fourth-order valence-corrected chi connectivity index (χ4v) is 2.88. The highest BCUT2D eigenvalue weighted by Crippen LogP contribution is 2.19. The Morgan fingerprint density at radius 3 is 2.48 bits per heavy atom. The Bertz CT molecular complexity index is 886. The number of rotatable bonds is 5. The molecule has 0 radical (unpaired) electrons. The molecule has 0 unspecified atom stereocenters. The number of amides is 2. The fourth-order valence-electron chi connectivity index (χ4n) is 2.88. The number of likely N-dealkylation sites (tertiary alicyclic amines) is 1. The Morgan fingerprint density at radius 2 is 1.89 bits per heavy atom. The van der Waals surface area contributed by atoms with Gasteiger partial charge in [0.15, 0.2) is 5.76 Å². The minimum absolute atomic E-state index is 0.0386. The van der Waals surface area contributed by atoms with Gasteiger partial charge in [-0.05, 0) is 30.5 Å². The van der Waals surface area contributed by atoms with Crippen LogP contribution in [0.15, 0.2) is 45.8 Å². The van der Waals surface area contributed by atoms with E-state index < -0.39 is 11.3 Å². The van der Waals surface area contributed by atoms with Crippen molar-refractivity contribution in [1.82, 2.24) is 4.90 Å². The highest BCUT2D eigenvalue weighted by atomic mass is 19.1. The summed E-state index contributed by atoms with van der Waals surface area (Å²) >= 11 is 0. The van der Waals surface area contributed by atoms with E-state index >= 15 is 0 Å². The summed E-state index contributed by atoms with van der Waals surface area (Å²) in [7, 11) is 0. The lowest BCUT2D eigenvalue weighted by Crippen LogP contribution is -2.41. The van der Waals surface area contributed by atoms with Crippen molar-refractivity contribution in [3.8, 4) is 5.75 Å². The van der Waals surface area contributed by atoms with Gasteiger partial charge in [0.1, 0.15) is 18.7 Å². The highest BCUT2D eigenvalue weighted by Gasteiger charge is 2.27. The van der Waals surface area contributed by atoms with Crippen LogP contribution >= 0.6 is 0 Å². The summed E-state index contributed by atoms with van der Waals surface area (Å²) in [5.74, 6) is -1.50. The van der Waals surface area contributed by atoms with Gasteiger partial charge in [-0.15, -0.1) is 0 Å². The maximum atomic E-state index is 12.9. The van der Waals surface area contributed by atoms with Crippen molar-refractivity contribution in [2.75, 3.05) is 13.1 Å². The van der Waals surface area contributed by atoms with Crippen LogP contribution in [-0.4, -0.2) is 29.8 Å². The molecule has 2 N–H and O–H groups in total. The fraction of sp³-hybridized carbons (Fsp3) is 0.316. The molecule has 27 heavy (non-hydrogen) atoms. The van der Waals surface area contributed by atoms with Gasteiger partial charge in [0, 0.05) is 25.1 Å². The van der Waals surface area contributed by atoms with Crippen molar-refractivity contribution < 1.29 is 23.1 Å². The lowest BCUT2D eigenvalue weighted by Gasteiger charge is -2.30. The first-order valence-electron chi connectivity index (χ1n) is 8.52. The molecule has 1 aromatic heterocycles. The van der Waals surface area contributed by atoms with Gasteiger partial charge < -0.3 is 19.8 Å². The highest BCUT2D eigenvalue weighted by molar-refractivity contribution is 5.91. The van der Waals surface area contributed by atoms with E-state index in [1.54, 1.807) is 12.1 Å². The second-order valence-electron chi connectivity index (χ2n) is 6.36. The summed E-state index contributed by atoms with van der Waals surface area (Å²) in [4.78, 5) is 37.3. The summed E-state index contributed by atoms with van der Waals surface area (Å²) in [6.45, 7) is 0.816. The number of halogens is 1.